The van der Waals surface area contributed by atoms with Crippen LogP contribution in [-0.2, 0) is 14.3 Å². The second-order valence-corrected chi connectivity index (χ2v) is 6.52. The quantitative estimate of drug-likeness (QED) is 0.638. The predicted octanol–water partition coefficient (Wildman–Crippen LogP) is 2.00. The van der Waals surface area contributed by atoms with Crippen molar-refractivity contribution in [2.45, 2.75) is 19.8 Å². The number of benzene rings is 1. The number of hydrogen-bond acceptors (Lipinski definition) is 8. The molecule has 0 aliphatic carbocycles. The van der Waals surface area contributed by atoms with E-state index in [1.165, 1.54) is 11.3 Å². The molecule has 1 aromatic heterocycles. The van der Waals surface area contributed by atoms with Crippen LogP contribution in [0.1, 0.15) is 33.9 Å². The number of ketones is 1. The Hall–Kier alpha value is -3.25. The van der Waals surface area contributed by atoms with E-state index in [2.05, 4.69) is 10.3 Å². The third kappa shape index (κ3) is 5.62. The van der Waals surface area contributed by atoms with Gasteiger partial charge in [0.25, 0.3) is 5.91 Å². The van der Waals surface area contributed by atoms with Gasteiger partial charge in [0.05, 0.1) is 18.2 Å². The number of Topliss-reactive ketones (excluding diaryl/α,β-unsaturated/α-hetero) is 1. The van der Waals surface area contributed by atoms with E-state index in [1.54, 1.807) is 43.5 Å². The summed E-state index contributed by atoms with van der Waals surface area (Å²) in [7, 11) is 0. The zero-order valence-corrected chi connectivity index (χ0v) is 16.2. The zero-order valence-electron chi connectivity index (χ0n) is 15.4. The van der Waals surface area contributed by atoms with Crippen molar-refractivity contribution in [3.05, 3.63) is 45.9 Å². The molecule has 1 amide bonds. The van der Waals surface area contributed by atoms with Crippen LogP contribution in [0.5, 0.6) is 5.75 Å². The predicted molar refractivity (Wildman–Crippen MR) is 101 cm³/mol. The van der Waals surface area contributed by atoms with Crippen molar-refractivity contribution in [3.63, 3.8) is 0 Å². The molecule has 0 bridgehead atoms. The van der Waals surface area contributed by atoms with Crippen LogP contribution >= 0.6 is 11.3 Å². The molecule has 146 valence electrons. The molecule has 8 nitrogen and oxygen atoms in total. The van der Waals surface area contributed by atoms with Crippen LogP contribution in [0, 0.1) is 18.3 Å². The average molecular weight is 401 g/mol. The molecule has 1 heterocycles. The molecule has 0 saturated heterocycles. The molecule has 2 aromatic rings. The molecule has 0 radical (unpaired) electrons. The van der Waals surface area contributed by atoms with Crippen LogP contribution in [0.4, 0.5) is 0 Å². The van der Waals surface area contributed by atoms with Gasteiger partial charge < -0.3 is 14.8 Å². The number of carbonyl (C=O) groups excluding carboxylic acids is 3. The molecule has 1 aromatic carbocycles. The number of aromatic nitrogens is 1. The molecular formula is C19H19N3O5S. The number of carbonyl (C=O) groups is 3. The Morgan fingerprint density at radius 2 is 2.07 bits per heavy atom. The highest BCUT2D eigenvalue weighted by Crippen LogP contribution is 2.21. The molecule has 1 N–H and O–H groups in total. The number of amides is 1. The lowest BCUT2D eigenvalue weighted by Gasteiger charge is -2.10. The lowest BCUT2D eigenvalue weighted by Crippen LogP contribution is -2.32. The van der Waals surface area contributed by atoms with Gasteiger partial charge >= 0.3 is 5.97 Å². The fourth-order valence-electron chi connectivity index (χ4n) is 2.24. The number of aryl methyl sites for hydroxylation is 1. The first kappa shape index (κ1) is 21.1. The van der Waals surface area contributed by atoms with Gasteiger partial charge in [0.2, 0.25) is 0 Å². The molecule has 1 atom stereocenters. The zero-order chi connectivity index (χ0) is 20.5. The largest absolute Gasteiger partial charge is 0.493 e. The van der Waals surface area contributed by atoms with Crippen LogP contribution < -0.4 is 10.1 Å². The smallest absolute Gasteiger partial charge is 0.325 e. The van der Waals surface area contributed by atoms with Crippen molar-refractivity contribution < 1.29 is 23.9 Å². The highest BCUT2D eigenvalue weighted by molar-refractivity contribution is 7.09. The number of esters is 1. The van der Waals surface area contributed by atoms with Gasteiger partial charge in [-0.2, -0.15) is 5.26 Å². The number of nitrogens with zero attached hydrogens (tertiary/aromatic N) is 2. The van der Waals surface area contributed by atoms with E-state index < -0.39 is 36.7 Å². The second kappa shape index (κ2) is 10.2. The topological polar surface area (TPSA) is 118 Å². The number of rotatable bonds is 9. The second-order valence-electron chi connectivity index (χ2n) is 5.63. The first-order valence-corrected chi connectivity index (χ1v) is 9.34. The summed E-state index contributed by atoms with van der Waals surface area (Å²) in [5.41, 5.74) is 0.997. The summed E-state index contributed by atoms with van der Waals surface area (Å²) in [4.78, 5) is 40.3. The summed E-state index contributed by atoms with van der Waals surface area (Å²) in [6.45, 7) is 2.96. The Balaban J connectivity index is 1.85. The Morgan fingerprint density at radius 3 is 2.71 bits per heavy atom. The monoisotopic (exact) mass is 401 g/mol. The Labute approximate surface area is 166 Å². The molecule has 0 fully saturated rings. The molecule has 0 aliphatic heterocycles. The van der Waals surface area contributed by atoms with E-state index in [0.29, 0.717) is 23.1 Å². The summed E-state index contributed by atoms with van der Waals surface area (Å²) in [5, 5.41) is 13.7. The summed E-state index contributed by atoms with van der Waals surface area (Å²) in [6, 6.07) is 8.50. The molecule has 2 rings (SSSR count). The van der Waals surface area contributed by atoms with E-state index >= 15 is 0 Å². The van der Waals surface area contributed by atoms with E-state index in [4.69, 9.17) is 9.47 Å². The molecule has 9 heteroatoms. The minimum absolute atomic E-state index is 0.289. The fourth-order valence-corrected chi connectivity index (χ4v) is 3.10. The third-order valence-electron chi connectivity index (χ3n) is 3.54. The standard InChI is InChI=1S/C19H19N3O5S/c1-3-26-16-7-5-4-6-13(16)18(25)21-9-17(24)27-10-15(23)14(8-20)19-22-12(2)11-28-19/h4-7,11,14H,3,9-10H2,1-2H3,(H,21,25)/t14-/m0/s1. The van der Waals surface area contributed by atoms with Gasteiger partial charge in [0.15, 0.2) is 18.3 Å². The van der Waals surface area contributed by atoms with Crippen LogP contribution in [0.15, 0.2) is 29.6 Å². The minimum Gasteiger partial charge on any atom is -0.493 e. The van der Waals surface area contributed by atoms with Crippen LogP contribution in [0.2, 0.25) is 0 Å². The number of para-hydroxylation sites is 1. The van der Waals surface area contributed by atoms with Gasteiger partial charge in [-0.15, -0.1) is 11.3 Å². The highest BCUT2D eigenvalue weighted by Gasteiger charge is 2.24. The summed E-state index contributed by atoms with van der Waals surface area (Å²) >= 11 is 1.20. The Bertz CT molecular complexity index is 903. The normalized spacial score (nSPS) is 11.2. The van der Waals surface area contributed by atoms with E-state index in [1.807, 2.05) is 6.07 Å². The highest BCUT2D eigenvalue weighted by atomic mass is 32.1. The van der Waals surface area contributed by atoms with E-state index in [9.17, 15) is 19.6 Å². The molecular weight excluding hydrogens is 382 g/mol. The van der Waals surface area contributed by atoms with Crippen molar-refractivity contribution in [1.82, 2.24) is 10.3 Å². The number of nitriles is 1. The fraction of sp³-hybridized carbons (Fsp3) is 0.316. The molecule has 0 spiro atoms. The third-order valence-corrected chi connectivity index (χ3v) is 4.56. The number of ether oxygens (including phenoxy) is 2. The van der Waals surface area contributed by atoms with Gasteiger partial charge in [-0.25, -0.2) is 4.98 Å². The Morgan fingerprint density at radius 1 is 1.32 bits per heavy atom. The van der Waals surface area contributed by atoms with Crippen molar-refractivity contribution in [1.29, 1.82) is 5.26 Å². The summed E-state index contributed by atoms with van der Waals surface area (Å²) < 4.78 is 10.2. The van der Waals surface area contributed by atoms with Gasteiger partial charge in [0, 0.05) is 11.1 Å². The number of nitrogens with one attached hydrogen (secondary N) is 1. The number of hydrogen-bond donors (Lipinski definition) is 1. The van der Waals surface area contributed by atoms with Gasteiger partial charge in [-0.05, 0) is 26.0 Å². The van der Waals surface area contributed by atoms with Crippen LogP contribution in [0.3, 0.4) is 0 Å². The van der Waals surface area contributed by atoms with E-state index in [0.717, 1.165) is 0 Å². The molecule has 0 saturated carbocycles. The first-order valence-electron chi connectivity index (χ1n) is 8.46. The maximum atomic E-state index is 12.2. The molecule has 28 heavy (non-hydrogen) atoms. The summed E-state index contributed by atoms with van der Waals surface area (Å²) in [6.07, 6.45) is 0. The molecule has 0 unspecified atom stereocenters. The Kier molecular flexibility index (Phi) is 7.65. The van der Waals surface area contributed by atoms with Crippen molar-refractivity contribution >= 4 is 29.0 Å². The van der Waals surface area contributed by atoms with Gasteiger partial charge in [-0.3, -0.25) is 14.4 Å². The van der Waals surface area contributed by atoms with Crippen molar-refractivity contribution in [2.24, 2.45) is 0 Å². The lowest BCUT2D eigenvalue weighted by atomic mass is 10.1. The van der Waals surface area contributed by atoms with Gasteiger partial charge in [0.1, 0.15) is 17.3 Å². The summed E-state index contributed by atoms with van der Waals surface area (Å²) in [5.74, 6) is -2.54. The van der Waals surface area contributed by atoms with Crippen LogP contribution in [-0.4, -0.2) is 42.4 Å². The maximum Gasteiger partial charge on any atom is 0.325 e. The lowest BCUT2D eigenvalue weighted by molar-refractivity contribution is -0.146. The SMILES string of the molecule is CCOc1ccccc1C(=O)NCC(=O)OCC(=O)[C@H](C#N)c1nc(C)cs1. The van der Waals surface area contributed by atoms with Crippen LogP contribution in [0.25, 0.3) is 0 Å². The number of thiazole rings is 1. The average Bonchev–Trinajstić information content (AvgIpc) is 3.11. The van der Waals surface area contributed by atoms with Crippen molar-refractivity contribution in [2.75, 3.05) is 19.8 Å². The van der Waals surface area contributed by atoms with Crippen molar-refractivity contribution in [3.8, 4) is 11.8 Å². The minimum atomic E-state index is -1.08. The first-order chi connectivity index (χ1) is 13.5. The molecule has 0 aliphatic rings. The van der Waals surface area contributed by atoms with E-state index in [-0.39, 0.29) is 5.56 Å². The van der Waals surface area contributed by atoms with Gasteiger partial charge in [-0.1, -0.05) is 12.1 Å². The maximum absolute atomic E-state index is 12.2.